The average molecular weight is 541 g/mol. The number of hydrogen-bond acceptors (Lipinski definition) is 11. The lowest BCUT2D eigenvalue weighted by molar-refractivity contribution is -0.124. The number of rotatable bonds is 14. The Morgan fingerprint density at radius 2 is 1.97 bits per heavy atom. The van der Waals surface area contributed by atoms with E-state index in [0.717, 1.165) is 17.3 Å². The summed E-state index contributed by atoms with van der Waals surface area (Å²) in [6, 6.07) is 9.30. The minimum atomic E-state index is -3.75. The van der Waals surface area contributed by atoms with Crippen molar-refractivity contribution in [3.63, 3.8) is 0 Å². The molecule has 3 rings (SSSR count). The van der Waals surface area contributed by atoms with E-state index in [1.54, 1.807) is 0 Å². The van der Waals surface area contributed by atoms with Crippen molar-refractivity contribution < 1.29 is 28.3 Å². The quantitative estimate of drug-likeness (QED) is 0.171. The summed E-state index contributed by atoms with van der Waals surface area (Å²) in [7, 11) is -3.75. The highest BCUT2D eigenvalue weighted by atomic mass is 32.2. The highest BCUT2D eigenvalue weighted by molar-refractivity contribution is 8.13. The molecule has 0 aliphatic carbocycles. The summed E-state index contributed by atoms with van der Waals surface area (Å²) in [4.78, 5) is 34.1. The van der Waals surface area contributed by atoms with Gasteiger partial charge in [-0.25, -0.2) is 14.6 Å². The van der Waals surface area contributed by atoms with Crippen molar-refractivity contribution in [1.82, 2.24) is 24.6 Å². The van der Waals surface area contributed by atoms with E-state index in [9.17, 15) is 19.3 Å². The van der Waals surface area contributed by atoms with Gasteiger partial charge < -0.3 is 15.6 Å². The third-order valence-corrected chi connectivity index (χ3v) is 7.33. The normalized spacial score (nSPS) is 13.6. The molecule has 0 aliphatic heterocycles. The van der Waals surface area contributed by atoms with Crippen molar-refractivity contribution >= 4 is 41.7 Å². The average Bonchev–Trinajstić information content (AvgIpc) is 3.23. The van der Waals surface area contributed by atoms with Crippen molar-refractivity contribution in [3.8, 4) is 0 Å². The van der Waals surface area contributed by atoms with E-state index in [1.165, 1.54) is 24.7 Å². The number of carbonyl (C=O) groups excluding carboxylic acids is 1. The zero-order valence-corrected chi connectivity index (χ0v) is 21.6. The van der Waals surface area contributed by atoms with Gasteiger partial charge in [-0.15, -0.1) is 0 Å². The fourth-order valence-electron chi connectivity index (χ4n) is 2.83. The second-order valence-electron chi connectivity index (χ2n) is 8.05. The first-order chi connectivity index (χ1) is 17.1. The maximum atomic E-state index is 13.2. The van der Waals surface area contributed by atoms with E-state index in [0.29, 0.717) is 0 Å². The van der Waals surface area contributed by atoms with Crippen LogP contribution in [0.1, 0.15) is 19.4 Å². The van der Waals surface area contributed by atoms with Crippen LogP contribution in [0.2, 0.25) is 0 Å². The number of ether oxygens (including phenoxy) is 1. The topological polar surface area (TPSA) is 184 Å². The summed E-state index contributed by atoms with van der Waals surface area (Å²) in [5.41, 5.74) is 4.94. The Balaban J connectivity index is 1.51. The Morgan fingerprint density at radius 1 is 1.25 bits per heavy atom. The first-order valence-corrected chi connectivity index (χ1v) is 13.5. The molecule has 0 saturated carbocycles. The zero-order valence-electron chi connectivity index (χ0n) is 19.9. The number of imidazole rings is 1. The number of aliphatic hydroxyl groups is 1. The van der Waals surface area contributed by atoms with E-state index in [2.05, 4.69) is 20.0 Å². The summed E-state index contributed by atoms with van der Waals surface area (Å²) in [6.45, 7) is 2.96. The molecule has 13 nitrogen and oxygen atoms in total. The lowest BCUT2D eigenvalue weighted by Crippen LogP contribution is -2.29. The van der Waals surface area contributed by atoms with Gasteiger partial charge in [-0.1, -0.05) is 42.1 Å². The number of nitrogens with two attached hydrogens (primary N) is 1. The predicted molar refractivity (Wildman–Crippen MR) is 135 cm³/mol. The third-order valence-electron chi connectivity index (χ3n) is 4.61. The molecule has 1 aromatic carbocycles. The molecule has 5 N–H and O–H groups in total. The molecular weight excluding hydrogens is 511 g/mol. The molecule has 15 heteroatoms. The molecule has 2 aromatic heterocycles. The van der Waals surface area contributed by atoms with Gasteiger partial charge in [-0.05, 0) is 19.4 Å². The predicted octanol–water partition coefficient (Wildman–Crippen LogP) is 1.64. The highest BCUT2D eigenvalue weighted by Gasteiger charge is 2.27. The first-order valence-electron chi connectivity index (χ1n) is 10.9. The maximum absolute atomic E-state index is 13.2. The lowest BCUT2D eigenvalue weighted by Gasteiger charge is -2.20. The van der Waals surface area contributed by atoms with Gasteiger partial charge in [-0.2, -0.15) is 4.98 Å². The molecular formula is C21H29N6O7PS. The summed E-state index contributed by atoms with van der Waals surface area (Å²) in [5, 5.41) is 12.1. The van der Waals surface area contributed by atoms with Crippen molar-refractivity contribution in [2.24, 2.45) is 0 Å². The van der Waals surface area contributed by atoms with Gasteiger partial charge in [0, 0.05) is 12.3 Å². The minimum absolute atomic E-state index is 0.00799. The van der Waals surface area contributed by atoms with Gasteiger partial charge in [0.05, 0.1) is 26.1 Å². The number of anilines is 1. The smallest absolute Gasteiger partial charge is 0.382 e. The Kier molecular flexibility index (Phi) is 9.79. The van der Waals surface area contributed by atoms with Gasteiger partial charge >= 0.3 is 7.75 Å². The molecule has 1 unspecified atom stereocenters. The summed E-state index contributed by atoms with van der Waals surface area (Å²) in [6.07, 6.45) is 1.40. The van der Waals surface area contributed by atoms with Crippen molar-refractivity contribution in [3.05, 3.63) is 52.6 Å². The van der Waals surface area contributed by atoms with Crippen LogP contribution in [0.4, 0.5) is 5.95 Å². The first kappa shape index (κ1) is 28.0. The monoisotopic (exact) mass is 540 g/mol. The molecule has 36 heavy (non-hydrogen) atoms. The van der Waals surface area contributed by atoms with Crippen molar-refractivity contribution in [2.75, 3.05) is 31.3 Å². The minimum Gasteiger partial charge on any atom is -0.382 e. The van der Waals surface area contributed by atoms with Crippen LogP contribution >= 0.6 is 19.5 Å². The number of fused-ring (bicyclic) bond motifs is 1. The summed E-state index contributed by atoms with van der Waals surface area (Å²) in [5.74, 6) is 0.144. The number of nitrogens with one attached hydrogen (secondary N) is 2. The Labute approximate surface area is 211 Å². The van der Waals surface area contributed by atoms with Gasteiger partial charge in [0.25, 0.3) is 5.56 Å². The number of H-pyrrole nitrogens is 1. The van der Waals surface area contributed by atoms with Gasteiger partial charge in [-0.3, -0.25) is 28.2 Å². The van der Waals surface area contributed by atoms with Gasteiger partial charge in [0.1, 0.15) is 12.3 Å². The second-order valence-corrected chi connectivity index (χ2v) is 10.9. The van der Waals surface area contributed by atoms with Crippen molar-refractivity contribution in [1.29, 1.82) is 0 Å². The number of nitrogens with zero attached hydrogens (tertiary/aromatic N) is 3. The Hall–Kier alpha value is -2.58. The van der Waals surface area contributed by atoms with Crippen LogP contribution in [0, 0.1) is 0 Å². The van der Waals surface area contributed by atoms with E-state index >= 15 is 0 Å². The fraction of sp³-hybridized carbons (Fsp3) is 0.429. The molecule has 1 atom stereocenters. The number of benzene rings is 1. The molecule has 2 heterocycles. The molecule has 196 valence electrons. The summed E-state index contributed by atoms with van der Waals surface area (Å²) < 4.78 is 31.3. The molecule has 3 aromatic rings. The van der Waals surface area contributed by atoms with Crippen LogP contribution in [0.25, 0.3) is 11.2 Å². The van der Waals surface area contributed by atoms with E-state index in [-0.39, 0.29) is 56.0 Å². The SMILES string of the molecule is CC(C)(O)C(=O)SCCOP(=O)(NCc1ccccc1)OCCOCn1cnc2c(=O)[nH]c(N)nc21. The van der Waals surface area contributed by atoms with Crippen LogP contribution in [-0.4, -0.2) is 60.9 Å². The van der Waals surface area contributed by atoms with Crippen LogP contribution in [0.15, 0.2) is 41.5 Å². The van der Waals surface area contributed by atoms with E-state index < -0.39 is 24.0 Å². The molecule has 0 aliphatic rings. The zero-order chi connectivity index (χ0) is 26.2. The van der Waals surface area contributed by atoms with Crippen LogP contribution < -0.4 is 16.4 Å². The van der Waals surface area contributed by atoms with Crippen LogP contribution in [0.3, 0.4) is 0 Å². The molecule has 0 amide bonds. The number of aromatic nitrogens is 4. The molecule has 0 radical (unpaired) electrons. The standard InChI is InChI=1S/C21H29N6O7PS/c1-21(2,30)19(29)36-11-10-34-35(31,24-12-15-6-4-3-5-7-15)33-9-8-32-14-27-13-23-16-17(27)25-20(22)26-18(16)28/h3-7,13,30H,8-12,14H2,1-2H3,(H,24,31)(H3,22,25,26,28). The number of aromatic amines is 1. The number of nitrogen functional groups attached to an aromatic ring is 1. The summed E-state index contributed by atoms with van der Waals surface area (Å²) >= 11 is 0.881. The van der Waals surface area contributed by atoms with Crippen LogP contribution in [-0.2, 0) is 36.4 Å². The third kappa shape index (κ3) is 8.23. The molecule has 0 saturated heterocycles. The largest absolute Gasteiger partial charge is 0.405 e. The number of hydrogen-bond donors (Lipinski definition) is 4. The second kappa shape index (κ2) is 12.6. The number of thioether (sulfide) groups is 1. The molecule has 0 fully saturated rings. The van der Waals surface area contributed by atoms with Gasteiger partial charge in [0.2, 0.25) is 11.1 Å². The van der Waals surface area contributed by atoms with Crippen molar-refractivity contribution in [2.45, 2.75) is 32.7 Å². The Bertz CT molecular complexity index is 1260. The highest BCUT2D eigenvalue weighted by Crippen LogP contribution is 2.44. The fourth-order valence-corrected chi connectivity index (χ4v) is 4.93. The lowest BCUT2D eigenvalue weighted by atomic mass is 10.2. The Morgan fingerprint density at radius 3 is 2.69 bits per heavy atom. The molecule has 0 spiro atoms. The number of carbonyl (C=O) groups is 1. The van der Waals surface area contributed by atoms with E-state index in [1.807, 2.05) is 30.3 Å². The van der Waals surface area contributed by atoms with Gasteiger partial charge in [0.15, 0.2) is 11.2 Å². The van der Waals surface area contributed by atoms with E-state index in [4.69, 9.17) is 19.5 Å². The maximum Gasteiger partial charge on any atom is 0.405 e. The van der Waals surface area contributed by atoms with Crippen LogP contribution in [0.5, 0.6) is 0 Å². The molecule has 0 bridgehead atoms.